The molecule has 2 aliphatic rings. The topological polar surface area (TPSA) is 20.3 Å². The monoisotopic (exact) mass is 283 g/mol. The quantitative estimate of drug-likeness (QED) is 0.721. The van der Waals surface area contributed by atoms with Crippen LogP contribution in [-0.4, -0.2) is 5.91 Å². The lowest BCUT2D eigenvalue weighted by molar-refractivity contribution is -0.117. The molecular weight excluding hydrogens is 270 g/mol. The van der Waals surface area contributed by atoms with Crippen LogP contribution in [0, 0.1) is 0 Å². The highest BCUT2D eigenvalue weighted by Crippen LogP contribution is 2.40. The molecule has 0 bridgehead atoms. The maximum absolute atomic E-state index is 12.4. The van der Waals surface area contributed by atoms with Crippen molar-refractivity contribution in [3.05, 3.63) is 65.9 Å². The van der Waals surface area contributed by atoms with E-state index < -0.39 is 0 Å². The summed E-state index contributed by atoms with van der Waals surface area (Å²) in [6, 6.07) is 14.5. The maximum Gasteiger partial charge on any atom is 0.235 e. The van der Waals surface area contributed by atoms with Gasteiger partial charge < -0.3 is 0 Å². The Hall–Kier alpha value is -2.06. The number of anilines is 1. The summed E-state index contributed by atoms with van der Waals surface area (Å²) in [5.41, 5.74) is 5.77. The lowest BCUT2D eigenvalue weighted by Gasteiger charge is -2.25. The Labute approximate surface area is 124 Å². The fourth-order valence-corrected chi connectivity index (χ4v) is 3.01. The summed E-state index contributed by atoms with van der Waals surface area (Å²) >= 11 is 0. The van der Waals surface area contributed by atoms with Gasteiger partial charge in [-0.05, 0) is 23.1 Å². The Morgan fingerprint density at radius 2 is 1.65 bits per heavy atom. The van der Waals surface area contributed by atoms with Crippen molar-refractivity contribution in [3.63, 3.8) is 0 Å². The van der Waals surface area contributed by atoms with Crippen LogP contribution in [0.25, 0.3) is 11.1 Å². The number of carbonyl (C=O) groups is 1. The number of halogens is 1. The molecule has 1 amide bonds. The molecule has 0 unspecified atom stereocenters. The Kier molecular flexibility index (Phi) is 3.11. The lowest BCUT2D eigenvalue weighted by atomic mass is 9.94. The van der Waals surface area contributed by atoms with Crippen molar-refractivity contribution in [2.45, 2.75) is 12.8 Å². The first-order valence-electron chi connectivity index (χ1n) is 6.53. The molecule has 2 nitrogen and oxygen atoms in total. The second kappa shape index (κ2) is 4.80. The number of allylic oxidation sites excluding steroid dienone is 1. The van der Waals surface area contributed by atoms with Crippen LogP contribution >= 0.6 is 12.4 Å². The van der Waals surface area contributed by atoms with Crippen LogP contribution in [0.1, 0.15) is 11.1 Å². The molecule has 0 saturated heterocycles. The number of rotatable bonds is 0. The third-order valence-electron chi connectivity index (χ3n) is 3.87. The van der Waals surface area contributed by atoms with Gasteiger partial charge in [-0.2, -0.15) is 0 Å². The first kappa shape index (κ1) is 12.9. The highest BCUT2D eigenvalue weighted by atomic mass is 35.5. The summed E-state index contributed by atoms with van der Waals surface area (Å²) in [6.07, 6.45) is 5.34. The van der Waals surface area contributed by atoms with E-state index in [2.05, 4.69) is 36.4 Å². The summed E-state index contributed by atoms with van der Waals surface area (Å²) in [5, 5.41) is 0. The summed E-state index contributed by atoms with van der Waals surface area (Å²) < 4.78 is 0. The molecule has 0 aliphatic carbocycles. The van der Waals surface area contributed by atoms with Crippen molar-refractivity contribution in [3.8, 4) is 11.1 Å². The molecule has 0 atom stereocenters. The summed E-state index contributed by atoms with van der Waals surface area (Å²) in [7, 11) is 0. The predicted molar refractivity (Wildman–Crippen MR) is 83.2 cm³/mol. The van der Waals surface area contributed by atoms with Crippen LogP contribution in [0.5, 0.6) is 0 Å². The van der Waals surface area contributed by atoms with Gasteiger partial charge in [-0.3, -0.25) is 9.69 Å². The fraction of sp³-hybridized carbons (Fsp3) is 0.118. The molecule has 0 spiro atoms. The van der Waals surface area contributed by atoms with Gasteiger partial charge in [-0.15, -0.1) is 12.4 Å². The Bertz CT molecular complexity index is 721. The van der Waals surface area contributed by atoms with E-state index in [0.29, 0.717) is 6.42 Å². The van der Waals surface area contributed by atoms with Gasteiger partial charge in [0.1, 0.15) is 0 Å². The summed E-state index contributed by atoms with van der Waals surface area (Å²) in [5.74, 6) is 0.148. The van der Waals surface area contributed by atoms with Crippen LogP contribution in [0.2, 0.25) is 0 Å². The molecule has 0 saturated carbocycles. The van der Waals surface area contributed by atoms with E-state index in [1.54, 1.807) is 0 Å². The largest absolute Gasteiger partial charge is 0.287 e. The van der Waals surface area contributed by atoms with Crippen LogP contribution in [0.15, 0.2) is 54.7 Å². The van der Waals surface area contributed by atoms with Crippen molar-refractivity contribution in [2.75, 3.05) is 4.90 Å². The summed E-state index contributed by atoms with van der Waals surface area (Å²) in [6.45, 7) is 0. The average molecular weight is 284 g/mol. The molecule has 0 fully saturated rings. The van der Waals surface area contributed by atoms with E-state index in [4.69, 9.17) is 0 Å². The number of amides is 1. The minimum absolute atomic E-state index is 0. The molecule has 100 valence electrons. The SMILES string of the molecule is Cl.O=C1Cc2ccccc2-c2cccc3c2N1C=CC3. The van der Waals surface area contributed by atoms with E-state index in [1.807, 2.05) is 23.2 Å². The number of hydrogen-bond acceptors (Lipinski definition) is 1. The standard InChI is InChI=1S/C17H13NO.ClH/c19-16-11-13-5-1-2-8-14(13)15-9-3-6-12-7-4-10-18(16)17(12)15;/h1-6,8-10H,7,11H2;1H. The van der Waals surface area contributed by atoms with Crippen LogP contribution in [0.4, 0.5) is 5.69 Å². The zero-order chi connectivity index (χ0) is 12.8. The van der Waals surface area contributed by atoms with Gasteiger partial charge in [0.2, 0.25) is 5.91 Å². The minimum Gasteiger partial charge on any atom is -0.287 e. The lowest BCUT2D eigenvalue weighted by Crippen LogP contribution is -2.28. The third kappa shape index (κ3) is 1.76. The maximum atomic E-state index is 12.4. The normalized spacial score (nSPS) is 15.0. The van der Waals surface area contributed by atoms with Crippen molar-refractivity contribution in [2.24, 2.45) is 0 Å². The molecular formula is C17H14ClNO. The van der Waals surface area contributed by atoms with Gasteiger partial charge in [-0.1, -0.05) is 48.5 Å². The smallest absolute Gasteiger partial charge is 0.235 e. The molecule has 2 heterocycles. The number of nitrogens with zero attached hydrogens (tertiary/aromatic N) is 1. The van der Waals surface area contributed by atoms with E-state index >= 15 is 0 Å². The van der Waals surface area contributed by atoms with Gasteiger partial charge in [0.25, 0.3) is 0 Å². The number of para-hydroxylation sites is 1. The van der Waals surface area contributed by atoms with Gasteiger partial charge in [-0.25, -0.2) is 0 Å². The van der Waals surface area contributed by atoms with Crippen molar-refractivity contribution >= 4 is 24.0 Å². The molecule has 0 aromatic heterocycles. The molecule has 0 N–H and O–H groups in total. The Morgan fingerprint density at radius 1 is 0.900 bits per heavy atom. The number of fused-ring (bicyclic) bond motifs is 2. The van der Waals surface area contributed by atoms with Gasteiger partial charge in [0, 0.05) is 11.8 Å². The van der Waals surface area contributed by atoms with E-state index in [-0.39, 0.29) is 18.3 Å². The molecule has 2 aromatic rings. The van der Waals surface area contributed by atoms with Crippen molar-refractivity contribution in [1.82, 2.24) is 0 Å². The first-order valence-corrected chi connectivity index (χ1v) is 6.53. The summed E-state index contributed by atoms with van der Waals surface area (Å²) in [4.78, 5) is 14.2. The Balaban J connectivity index is 0.00000121. The number of benzene rings is 2. The van der Waals surface area contributed by atoms with Crippen LogP contribution < -0.4 is 4.90 Å². The van der Waals surface area contributed by atoms with Gasteiger partial charge in [0.15, 0.2) is 0 Å². The van der Waals surface area contributed by atoms with Crippen molar-refractivity contribution < 1.29 is 4.79 Å². The number of carbonyl (C=O) groups excluding carboxylic acids is 1. The highest BCUT2D eigenvalue weighted by molar-refractivity contribution is 6.05. The Morgan fingerprint density at radius 3 is 2.55 bits per heavy atom. The van der Waals surface area contributed by atoms with Crippen molar-refractivity contribution in [1.29, 1.82) is 0 Å². The zero-order valence-corrected chi connectivity index (χ0v) is 11.7. The molecule has 2 aromatic carbocycles. The second-order valence-corrected chi connectivity index (χ2v) is 5.00. The first-order chi connectivity index (χ1) is 9.34. The molecule has 2 aliphatic heterocycles. The molecule has 20 heavy (non-hydrogen) atoms. The second-order valence-electron chi connectivity index (χ2n) is 5.00. The van der Waals surface area contributed by atoms with E-state index in [0.717, 1.165) is 17.7 Å². The van der Waals surface area contributed by atoms with E-state index in [9.17, 15) is 4.79 Å². The highest BCUT2D eigenvalue weighted by Gasteiger charge is 2.27. The molecule has 4 rings (SSSR count). The van der Waals surface area contributed by atoms with Gasteiger partial charge >= 0.3 is 0 Å². The van der Waals surface area contributed by atoms with Crippen LogP contribution in [-0.2, 0) is 17.6 Å². The van der Waals surface area contributed by atoms with E-state index in [1.165, 1.54) is 16.7 Å². The minimum atomic E-state index is 0. The van der Waals surface area contributed by atoms with Crippen LogP contribution in [0.3, 0.4) is 0 Å². The zero-order valence-electron chi connectivity index (χ0n) is 10.9. The fourth-order valence-electron chi connectivity index (χ4n) is 3.01. The molecule has 0 radical (unpaired) electrons. The predicted octanol–water partition coefficient (Wildman–Crippen LogP) is 3.73. The average Bonchev–Trinajstić information content (AvgIpc) is 2.57. The van der Waals surface area contributed by atoms with Gasteiger partial charge in [0.05, 0.1) is 12.1 Å². The molecule has 3 heteroatoms. The number of hydrogen-bond donors (Lipinski definition) is 0. The third-order valence-corrected chi connectivity index (χ3v) is 3.87.